The minimum atomic E-state index is 0.340. The van der Waals surface area contributed by atoms with Crippen molar-refractivity contribution < 1.29 is 10.0 Å². The normalized spacial score (nSPS) is 40.1. The summed E-state index contributed by atoms with van der Waals surface area (Å²) in [6.07, 6.45) is 4.58. The van der Waals surface area contributed by atoms with Crippen molar-refractivity contribution in [2.24, 2.45) is 17.0 Å². The van der Waals surface area contributed by atoms with Gasteiger partial charge in [-0.05, 0) is 25.2 Å². The van der Waals surface area contributed by atoms with Crippen LogP contribution in [0, 0.1) is 11.8 Å². The molecular formula is C12H19N3O2. The molecular weight excluding hydrogens is 218 g/mol. The van der Waals surface area contributed by atoms with Gasteiger partial charge in [0.1, 0.15) is 0 Å². The second-order valence-corrected chi connectivity index (χ2v) is 5.42. The van der Waals surface area contributed by atoms with Gasteiger partial charge in [-0.2, -0.15) is 0 Å². The molecule has 0 unspecified atom stereocenters. The van der Waals surface area contributed by atoms with Gasteiger partial charge in [-0.15, -0.1) is 0 Å². The first kappa shape index (κ1) is 11.0. The molecule has 3 atom stereocenters. The van der Waals surface area contributed by atoms with Crippen LogP contribution < -0.4 is 0 Å². The van der Waals surface area contributed by atoms with Gasteiger partial charge in [0, 0.05) is 32.1 Å². The summed E-state index contributed by atoms with van der Waals surface area (Å²) >= 11 is 0. The number of oxime groups is 1. The van der Waals surface area contributed by atoms with E-state index in [4.69, 9.17) is 0 Å². The number of carbonyl (C=O) groups excluding carboxylic acids is 1. The summed E-state index contributed by atoms with van der Waals surface area (Å²) in [6.45, 7) is 3.42. The minimum absolute atomic E-state index is 0.340. The lowest BCUT2D eigenvalue weighted by Gasteiger charge is -2.39. The molecule has 0 aromatic rings. The molecule has 1 aliphatic heterocycles. The Morgan fingerprint density at radius 3 is 2.65 bits per heavy atom. The van der Waals surface area contributed by atoms with E-state index in [-0.39, 0.29) is 0 Å². The first-order chi connectivity index (χ1) is 8.33. The van der Waals surface area contributed by atoms with E-state index in [0.29, 0.717) is 17.9 Å². The Labute approximate surface area is 101 Å². The van der Waals surface area contributed by atoms with Crippen LogP contribution in [0.15, 0.2) is 5.16 Å². The Hall–Kier alpha value is -1.10. The second-order valence-electron chi connectivity index (χ2n) is 5.42. The molecule has 0 aromatic heterocycles. The summed E-state index contributed by atoms with van der Waals surface area (Å²) in [5.74, 6) is 1.19. The Morgan fingerprint density at radius 2 is 2.00 bits per heavy atom. The van der Waals surface area contributed by atoms with Crippen molar-refractivity contribution in [3.05, 3.63) is 0 Å². The number of hydrogen-bond donors (Lipinski definition) is 1. The van der Waals surface area contributed by atoms with E-state index in [1.165, 1.54) is 19.3 Å². The second kappa shape index (κ2) is 4.29. The van der Waals surface area contributed by atoms with Crippen LogP contribution in [0.1, 0.15) is 19.3 Å². The van der Waals surface area contributed by atoms with Gasteiger partial charge in [-0.1, -0.05) is 5.16 Å². The first-order valence-electron chi connectivity index (χ1n) is 6.48. The smallest absolute Gasteiger partial charge is 0.209 e. The third-order valence-corrected chi connectivity index (χ3v) is 4.65. The van der Waals surface area contributed by atoms with E-state index in [1.807, 2.05) is 4.90 Å². The molecule has 0 aromatic carbocycles. The highest BCUT2D eigenvalue weighted by Crippen LogP contribution is 2.45. The largest absolute Gasteiger partial charge is 0.411 e. The van der Waals surface area contributed by atoms with Crippen LogP contribution in [0.5, 0.6) is 0 Å². The van der Waals surface area contributed by atoms with Gasteiger partial charge in [0.25, 0.3) is 0 Å². The standard InChI is InChI=1S/C12H19N3O2/c16-8-14-3-5-15(6-4-14)12-10-2-1-9(7-10)11(12)13-17/h8-10,12,17H,1-7H2/b13-11+/t9-,10+,12-/m0/s1. The number of nitrogens with zero attached hydrogens (tertiary/aromatic N) is 3. The molecule has 1 amide bonds. The lowest BCUT2D eigenvalue weighted by molar-refractivity contribution is -0.119. The molecule has 3 aliphatic rings. The number of hydrogen-bond acceptors (Lipinski definition) is 4. The summed E-state index contributed by atoms with van der Waals surface area (Å²) in [6, 6.07) is 0.340. The van der Waals surface area contributed by atoms with Crippen LogP contribution in [-0.2, 0) is 4.79 Å². The molecule has 2 saturated carbocycles. The van der Waals surface area contributed by atoms with Crippen LogP contribution in [0.2, 0.25) is 0 Å². The lowest BCUT2D eigenvalue weighted by atomic mass is 9.91. The fourth-order valence-corrected chi connectivity index (χ4v) is 3.80. The maximum atomic E-state index is 10.7. The van der Waals surface area contributed by atoms with Crippen molar-refractivity contribution in [3.63, 3.8) is 0 Å². The van der Waals surface area contributed by atoms with Gasteiger partial charge in [0.2, 0.25) is 6.41 Å². The highest BCUT2D eigenvalue weighted by Gasteiger charge is 2.48. The third-order valence-electron chi connectivity index (χ3n) is 4.65. The molecule has 17 heavy (non-hydrogen) atoms. The molecule has 1 N–H and O–H groups in total. The summed E-state index contributed by atoms with van der Waals surface area (Å²) in [5, 5.41) is 12.7. The van der Waals surface area contributed by atoms with Crippen LogP contribution in [0.3, 0.4) is 0 Å². The summed E-state index contributed by atoms with van der Waals surface area (Å²) in [4.78, 5) is 14.9. The van der Waals surface area contributed by atoms with E-state index >= 15 is 0 Å². The van der Waals surface area contributed by atoms with Crippen LogP contribution in [0.4, 0.5) is 0 Å². The van der Waals surface area contributed by atoms with Crippen LogP contribution >= 0.6 is 0 Å². The average Bonchev–Trinajstić information content (AvgIpc) is 2.98. The zero-order valence-corrected chi connectivity index (χ0v) is 9.96. The molecule has 1 saturated heterocycles. The molecule has 0 radical (unpaired) electrons. The SMILES string of the molecule is O=CN1CCN([C@@H]2/C(=N/O)[C@H]3CC[C@@H]2C3)CC1. The lowest BCUT2D eigenvalue weighted by Crippen LogP contribution is -2.54. The van der Waals surface area contributed by atoms with E-state index < -0.39 is 0 Å². The Morgan fingerprint density at radius 1 is 1.24 bits per heavy atom. The minimum Gasteiger partial charge on any atom is -0.411 e. The van der Waals surface area contributed by atoms with Gasteiger partial charge in [0.05, 0.1) is 11.8 Å². The molecule has 2 aliphatic carbocycles. The van der Waals surface area contributed by atoms with E-state index in [2.05, 4.69) is 10.1 Å². The van der Waals surface area contributed by atoms with E-state index in [9.17, 15) is 10.0 Å². The molecule has 1 heterocycles. The topological polar surface area (TPSA) is 56.1 Å². The van der Waals surface area contributed by atoms with Crippen molar-refractivity contribution in [1.29, 1.82) is 0 Å². The molecule has 2 bridgehead atoms. The maximum absolute atomic E-state index is 10.7. The molecule has 3 rings (SSSR count). The van der Waals surface area contributed by atoms with Crippen molar-refractivity contribution in [2.45, 2.75) is 25.3 Å². The molecule has 5 nitrogen and oxygen atoms in total. The van der Waals surface area contributed by atoms with Crippen molar-refractivity contribution in [1.82, 2.24) is 9.80 Å². The van der Waals surface area contributed by atoms with Gasteiger partial charge in [-0.25, -0.2) is 0 Å². The van der Waals surface area contributed by atoms with Crippen LogP contribution in [0.25, 0.3) is 0 Å². The van der Waals surface area contributed by atoms with Crippen molar-refractivity contribution in [2.75, 3.05) is 26.2 Å². The van der Waals surface area contributed by atoms with E-state index in [1.54, 1.807) is 0 Å². The fourth-order valence-electron chi connectivity index (χ4n) is 3.80. The molecule has 94 valence electrons. The van der Waals surface area contributed by atoms with Crippen LogP contribution in [-0.4, -0.2) is 59.3 Å². The molecule has 5 heteroatoms. The summed E-state index contributed by atoms with van der Waals surface area (Å²) < 4.78 is 0. The quantitative estimate of drug-likeness (QED) is 0.429. The summed E-state index contributed by atoms with van der Waals surface area (Å²) in [7, 11) is 0. The maximum Gasteiger partial charge on any atom is 0.209 e. The van der Waals surface area contributed by atoms with Gasteiger partial charge < -0.3 is 10.1 Å². The average molecular weight is 237 g/mol. The zero-order valence-electron chi connectivity index (χ0n) is 9.96. The van der Waals surface area contributed by atoms with Gasteiger partial charge >= 0.3 is 0 Å². The Balaban J connectivity index is 1.70. The predicted octanol–water partition coefficient (Wildman–Crippen LogP) is 0.389. The monoisotopic (exact) mass is 237 g/mol. The zero-order chi connectivity index (χ0) is 11.8. The number of carbonyl (C=O) groups is 1. The predicted molar refractivity (Wildman–Crippen MR) is 63.1 cm³/mol. The van der Waals surface area contributed by atoms with E-state index in [0.717, 1.165) is 38.3 Å². The Kier molecular flexibility index (Phi) is 2.78. The third kappa shape index (κ3) is 1.73. The van der Waals surface area contributed by atoms with Crippen molar-refractivity contribution >= 4 is 12.1 Å². The highest BCUT2D eigenvalue weighted by atomic mass is 16.4. The fraction of sp³-hybridized carbons (Fsp3) is 0.833. The molecule has 3 fully saturated rings. The number of rotatable bonds is 2. The number of amides is 1. The highest BCUT2D eigenvalue weighted by molar-refractivity contribution is 5.94. The van der Waals surface area contributed by atoms with Gasteiger partial charge in [-0.3, -0.25) is 9.69 Å². The van der Waals surface area contributed by atoms with Gasteiger partial charge in [0.15, 0.2) is 0 Å². The number of fused-ring (bicyclic) bond motifs is 2. The number of piperazine rings is 1. The first-order valence-corrected chi connectivity index (χ1v) is 6.48. The summed E-state index contributed by atoms with van der Waals surface area (Å²) in [5.41, 5.74) is 1.00. The van der Waals surface area contributed by atoms with Crippen molar-refractivity contribution in [3.8, 4) is 0 Å². The molecule has 0 spiro atoms. The Bertz CT molecular complexity index is 337.